The minimum atomic E-state index is -0.401. The van der Waals surface area contributed by atoms with Crippen LogP contribution in [0.3, 0.4) is 0 Å². The summed E-state index contributed by atoms with van der Waals surface area (Å²) in [4.78, 5) is 19.8. The van der Waals surface area contributed by atoms with Gasteiger partial charge in [-0.15, -0.1) is 0 Å². The highest BCUT2D eigenvalue weighted by Crippen LogP contribution is 2.24. The second kappa shape index (κ2) is 8.42. The Labute approximate surface area is 165 Å². The van der Waals surface area contributed by atoms with Crippen LogP contribution in [-0.4, -0.2) is 28.4 Å². The van der Waals surface area contributed by atoms with Crippen LogP contribution < -0.4 is 10.2 Å². The molecule has 0 aliphatic heterocycles. The van der Waals surface area contributed by atoms with E-state index in [4.69, 9.17) is 0 Å². The quantitative estimate of drug-likeness (QED) is 0.637. The van der Waals surface area contributed by atoms with Crippen LogP contribution in [0.5, 0.6) is 0 Å². The number of nitrogens with zero attached hydrogens (tertiary/aromatic N) is 3. The molecule has 2 heterocycles. The number of anilines is 2. The summed E-state index contributed by atoms with van der Waals surface area (Å²) >= 11 is 0. The summed E-state index contributed by atoms with van der Waals surface area (Å²) in [5.74, 6) is -0.679. The van der Waals surface area contributed by atoms with E-state index in [0.29, 0.717) is 23.5 Å². The van der Waals surface area contributed by atoms with Crippen molar-refractivity contribution in [1.82, 2.24) is 9.38 Å². The molecule has 0 spiro atoms. The van der Waals surface area contributed by atoms with Gasteiger partial charge in [-0.25, -0.2) is 9.37 Å². The van der Waals surface area contributed by atoms with Gasteiger partial charge in [0.2, 0.25) is 0 Å². The Hall–Kier alpha value is -2.89. The van der Waals surface area contributed by atoms with Crippen LogP contribution in [0.25, 0.3) is 5.65 Å². The molecule has 0 fully saturated rings. The van der Waals surface area contributed by atoms with Crippen molar-refractivity contribution >= 4 is 22.9 Å². The summed E-state index contributed by atoms with van der Waals surface area (Å²) in [6, 6.07) is 8.95. The van der Waals surface area contributed by atoms with E-state index in [9.17, 15) is 9.18 Å². The van der Waals surface area contributed by atoms with Gasteiger partial charge in [-0.2, -0.15) is 0 Å². The minimum absolute atomic E-state index is 0.278. The lowest BCUT2D eigenvalue weighted by molar-refractivity contribution is 0.102. The monoisotopic (exact) mass is 382 g/mol. The molecule has 0 aliphatic rings. The van der Waals surface area contributed by atoms with Crippen LogP contribution >= 0.6 is 0 Å². The second-order valence-corrected chi connectivity index (χ2v) is 6.86. The minimum Gasteiger partial charge on any atom is -0.372 e. The number of hydrogen-bond donors (Lipinski definition) is 1. The summed E-state index contributed by atoms with van der Waals surface area (Å²) < 4.78 is 15.3. The average Bonchev–Trinajstić information content (AvgIpc) is 3.02. The summed E-state index contributed by atoms with van der Waals surface area (Å²) in [6.45, 7) is 10.1. The van der Waals surface area contributed by atoms with E-state index in [1.54, 1.807) is 6.07 Å². The molecule has 28 heavy (non-hydrogen) atoms. The van der Waals surface area contributed by atoms with Gasteiger partial charge in [-0.3, -0.25) is 9.20 Å². The SMILES string of the molecule is CCCc1nc2ccc(F)cn2c1C(=O)Nc1ccc(N(CC)CC)cc1C. The number of benzene rings is 1. The van der Waals surface area contributed by atoms with Crippen LogP contribution in [-0.2, 0) is 6.42 Å². The first kappa shape index (κ1) is 19.9. The summed E-state index contributed by atoms with van der Waals surface area (Å²) in [6.07, 6.45) is 2.82. The van der Waals surface area contributed by atoms with Crippen molar-refractivity contribution in [3.05, 3.63) is 59.3 Å². The van der Waals surface area contributed by atoms with Gasteiger partial charge < -0.3 is 10.2 Å². The molecule has 0 unspecified atom stereocenters. The van der Waals surface area contributed by atoms with Crippen LogP contribution in [0, 0.1) is 12.7 Å². The third-order valence-electron chi connectivity index (χ3n) is 4.94. The Kier molecular flexibility index (Phi) is 5.97. The van der Waals surface area contributed by atoms with Crippen molar-refractivity contribution in [2.45, 2.75) is 40.5 Å². The van der Waals surface area contributed by atoms with Gasteiger partial charge in [0.1, 0.15) is 17.2 Å². The topological polar surface area (TPSA) is 49.6 Å². The molecular formula is C22H27FN4O. The Bertz CT molecular complexity index is 992. The van der Waals surface area contributed by atoms with Gasteiger partial charge in [0, 0.05) is 30.7 Å². The fourth-order valence-corrected chi connectivity index (χ4v) is 3.47. The van der Waals surface area contributed by atoms with Crippen molar-refractivity contribution in [3.8, 4) is 0 Å². The fourth-order valence-electron chi connectivity index (χ4n) is 3.47. The molecule has 6 heteroatoms. The molecule has 3 rings (SSSR count). The van der Waals surface area contributed by atoms with Gasteiger partial charge in [0.15, 0.2) is 0 Å². The maximum absolute atomic E-state index is 13.8. The predicted molar refractivity (Wildman–Crippen MR) is 112 cm³/mol. The van der Waals surface area contributed by atoms with Crippen molar-refractivity contribution in [1.29, 1.82) is 0 Å². The first-order valence-electron chi connectivity index (χ1n) is 9.81. The number of pyridine rings is 1. The maximum Gasteiger partial charge on any atom is 0.274 e. The number of halogens is 1. The molecule has 0 saturated carbocycles. The number of aryl methyl sites for hydroxylation is 2. The zero-order valence-corrected chi connectivity index (χ0v) is 16.9. The smallest absolute Gasteiger partial charge is 0.274 e. The number of fused-ring (bicyclic) bond motifs is 1. The van der Waals surface area contributed by atoms with Crippen LogP contribution in [0.2, 0.25) is 0 Å². The molecule has 0 atom stereocenters. The summed E-state index contributed by atoms with van der Waals surface area (Å²) in [7, 11) is 0. The third-order valence-corrected chi connectivity index (χ3v) is 4.94. The van der Waals surface area contributed by atoms with Gasteiger partial charge in [-0.05, 0) is 63.1 Å². The third kappa shape index (κ3) is 3.86. The van der Waals surface area contributed by atoms with Crippen LogP contribution in [0.15, 0.2) is 36.5 Å². The van der Waals surface area contributed by atoms with Gasteiger partial charge in [-0.1, -0.05) is 13.3 Å². The number of hydrogen-bond acceptors (Lipinski definition) is 3. The molecule has 0 aliphatic carbocycles. The number of amides is 1. The molecular weight excluding hydrogens is 355 g/mol. The highest BCUT2D eigenvalue weighted by atomic mass is 19.1. The molecule has 3 aromatic rings. The number of rotatable bonds is 7. The van der Waals surface area contributed by atoms with Crippen molar-refractivity contribution < 1.29 is 9.18 Å². The van der Waals surface area contributed by atoms with Gasteiger partial charge >= 0.3 is 0 Å². The molecule has 5 nitrogen and oxygen atoms in total. The Morgan fingerprint density at radius 1 is 1.18 bits per heavy atom. The number of carbonyl (C=O) groups excluding carboxylic acids is 1. The summed E-state index contributed by atoms with van der Waals surface area (Å²) in [5.41, 5.74) is 4.50. The van der Waals surface area contributed by atoms with Gasteiger partial charge in [0.05, 0.1) is 5.69 Å². The highest BCUT2D eigenvalue weighted by Gasteiger charge is 2.20. The van der Waals surface area contributed by atoms with E-state index in [1.165, 1.54) is 16.7 Å². The zero-order chi connectivity index (χ0) is 20.3. The van der Waals surface area contributed by atoms with Crippen molar-refractivity contribution in [3.63, 3.8) is 0 Å². The van der Waals surface area contributed by atoms with E-state index in [1.807, 2.05) is 26.0 Å². The number of nitrogens with one attached hydrogen (secondary N) is 1. The lowest BCUT2D eigenvalue weighted by Crippen LogP contribution is -2.22. The Morgan fingerprint density at radius 2 is 1.93 bits per heavy atom. The molecule has 0 saturated heterocycles. The van der Waals surface area contributed by atoms with E-state index in [0.717, 1.165) is 36.4 Å². The van der Waals surface area contributed by atoms with Crippen molar-refractivity contribution in [2.75, 3.05) is 23.3 Å². The Morgan fingerprint density at radius 3 is 2.57 bits per heavy atom. The lowest BCUT2D eigenvalue weighted by atomic mass is 10.1. The molecule has 1 N–H and O–H groups in total. The molecule has 2 aromatic heterocycles. The second-order valence-electron chi connectivity index (χ2n) is 6.86. The number of imidazole rings is 1. The largest absolute Gasteiger partial charge is 0.372 e. The number of aromatic nitrogens is 2. The predicted octanol–water partition coefficient (Wildman–Crippen LogP) is 4.83. The average molecular weight is 382 g/mol. The standard InChI is InChI=1S/C22H27FN4O/c1-5-8-19-21(27-14-16(23)9-12-20(27)24-19)22(28)25-18-11-10-17(13-15(18)4)26(6-2)7-3/h9-14H,5-8H2,1-4H3,(H,25,28). The van der Waals surface area contributed by atoms with E-state index < -0.39 is 5.82 Å². The normalized spacial score (nSPS) is 11.0. The molecule has 0 bridgehead atoms. The zero-order valence-electron chi connectivity index (χ0n) is 16.9. The Balaban J connectivity index is 1.95. The lowest BCUT2D eigenvalue weighted by Gasteiger charge is -2.22. The maximum atomic E-state index is 13.8. The highest BCUT2D eigenvalue weighted by molar-refractivity contribution is 6.05. The van der Waals surface area contributed by atoms with E-state index in [-0.39, 0.29) is 5.91 Å². The molecule has 0 radical (unpaired) electrons. The first-order chi connectivity index (χ1) is 13.5. The molecule has 1 amide bonds. The van der Waals surface area contributed by atoms with E-state index >= 15 is 0 Å². The van der Waals surface area contributed by atoms with Crippen LogP contribution in [0.4, 0.5) is 15.8 Å². The molecule has 148 valence electrons. The van der Waals surface area contributed by atoms with Crippen LogP contribution in [0.1, 0.15) is 48.9 Å². The first-order valence-corrected chi connectivity index (χ1v) is 9.81. The van der Waals surface area contributed by atoms with Gasteiger partial charge in [0.25, 0.3) is 5.91 Å². The molecule has 1 aromatic carbocycles. The van der Waals surface area contributed by atoms with E-state index in [2.05, 4.69) is 35.1 Å². The number of carbonyl (C=O) groups is 1. The fraction of sp³-hybridized carbons (Fsp3) is 0.364. The van der Waals surface area contributed by atoms with Crippen molar-refractivity contribution in [2.24, 2.45) is 0 Å². The summed E-state index contributed by atoms with van der Waals surface area (Å²) in [5, 5.41) is 2.98.